The van der Waals surface area contributed by atoms with Crippen LogP contribution in [0.5, 0.6) is 0 Å². The quantitative estimate of drug-likeness (QED) is 0.869. The molecule has 1 heterocycles. The zero-order chi connectivity index (χ0) is 15.2. The van der Waals surface area contributed by atoms with E-state index in [0.717, 1.165) is 37.2 Å². The Kier molecular flexibility index (Phi) is 5.42. The van der Waals surface area contributed by atoms with Crippen LogP contribution in [0.3, 0.4) is 0 Å². The number of nitrogens with one attached hydrogen (secondary N) is 2. The molecule has 0 radical (unpaired) electrons. The SMILES string of the molecule is CNC(=O)C1CCCCC1C(=O)NCCc1ccc(C)o1. The van der Waals surface area contributed by atoms with Crippen LogP contribution in [0.1, 0.15) is 37.2 Å². The van der Waals surface area contributed by atoms with E-state index in [2.05, 4.69) is 10.6 Å². The third-order valence-electron chi connectivity index (χ3n) is 4.15. The van der Waals surface area contributed by atoms with Crippen LogP contribution < -0.4 is 10.6 Å². The second-order valence-corrected chi connectivity index (χ2v) is 5.67. The van der Waals surface area contributed by atoms with Gasteiger partial charge in [0.1, 0.15) is 11.5 Å². The summed E-state index contributed by atoms with van der Waals surface area (Å²) in [4.78, 5) is 24.2. The molecule has 116 valence electrons. The van der Waals surface area contributed by atoms with Gasteiger partial charge in [-0.25, -0.2) is 0 Å². The van der Waals surface area contributed by atoms with Crippen molar-refractivity contribution >= 4 is 11.8 Å². The Bertz CT molecular complexity index is 495. The third kappa shape index (κ3) is 4.09. The van der Waals surface area contributed by atoms with Crippen LogP contribution in [0, 0.1) is 18.8 Å². The molecule has 2 amide bonds. The van der Waals surface area contributed by atoms with E-state index in [1.807, 2.05) is 19.1 Å². The van der Waals surface area contributed by atoms with Gasteiger partial charge >= 0.3 is 0 Å². The summed E-state index contributed by atoms with van der Waals surface area (Å²) in [5.41, 5.74) is 0. The summed E-state index contributed by atoms with van der Waals surface area (Å²) in [6, 6.07) is 3.84. The first-order valence-corrected chi connectivity index (χ1v) is 7.66. The first-order chi connectivity index (χ1) is 10.1. The fourth-order valence-corrected chi connectivity index (χ4v) is 3.00. The van der Waals surface area contributed by atoms with Crippen LogP contribution >= 0.6 is 0 Å². The lowest BCUT2D eigenvalue weighted by Gasteiger charge is -2.29. The summed E-state index contributed by atoms with van der Waals surface area (Å²) in [5, 5.41) is 5.61. The maximum atomic E-state index is 12.3. The minimum absolute atomic E-state index is 0.00780. The highest BCUT2D eigenvalue weighted by Crippen LogP contribution is 2.30. The van der Waals surface area contributed by atoms with Crippen molar-refractivity contribution in [2.75, 3.05) is 13.6 Å². The van der Waals surface area contributed by atoms with Crippen molar-refractivity contribution in [2.24, 2.45) is 11.8 Å². The van der Waals surface area contributed by atoms with Gasteiger partial charge in [0.25, 0.3) is 0 Å². The maximum Gasteiger partial charge on any atom is 0.223 e. The van der Waals surface area contributed by atoms with E-state index in [0.29, 0.717) is 13.0 Å². The van der Waals surface area contributed by atoms with Gasteiger partial charge in [0.2, 0.25) is 11.8 Å². The normalized spacial score (nSPS) is 21.8. The van der Waals surface area contributed by atoms with E-state index in [1.165, 1.54) is 0 Å². The molecule has 0 saturated heterocycles. The molecule has 2 N–H and O–H groups in total. The zero-order valence-electron chi connectivity index (χ0n) is 12.8. The lowest BCUT2D eigenvalue weighted by molar-refractivity contribution is -0.136. The van der Waals surface area contributed by atoms with Crippen molar-refractivity contribution in [1.82, 2.24) is 10.6 Å². The van der Waals surface area contributed by atoms with E-state index < -0.39 is 0 Å². The number of aryl methyl sites for hydroxylation is 1. The van der Waals surface area contributed by atoms with Gasteiger partial charge in [0.15, 0.2) is 0 Å². The Morgan fingerprint density at radius 1 is 1.19 bits per heavy atom. The number of hydrogen-bond acceptors (Lipinski definition) is 3. The summed E-state index contributed by atoms with van der Waals surface area (Å²) in [7, 11) is 1.63. The van der Waals surface area contributed by atoms with E-state index in [9.17, 15) is 9.59 Å². The molecule has 2 atom stereocenters. The van der Waals surface area contributed by atoms with Crippen molar-refractivity contribution < 1.29 is 14.0 Å². The summed E-state index contributed by atoms with van der Waals surface area (Å²) >= 11 is 0. The van der Waals surface area contributed by atoms with Crippen LogP contribution in [-0.4, -0.2) is 25.4 Å². The summed E-state index contributed by atoms with van der Waals surface area (Å²) in [5.74, 6) is 1.34. The van der Waals surface area contributed by atoms with Crippen LogP contribution in [0.4, 0.5) is 0 Å². The maximum absolute atomic E-state index is 12.3. The molecule has 1 saturated carbocycles. The van der Waals surface area contributed by atoms with Gasteiger partial charge in [-0.2, -0.15) is 0 Å². The van der Waals surface area contributed by atoms with Crippen molar-refractivity contribution in [2.45, 2.75) is 39.0 Å². The van der Waals surface area contributed by atoms with Crippen molar-refractivity contribution in [3.63, 3.8) is 0 Å². The number of furan rings is 1. The second kappa shape index (κ2) is 7.29. The lowest BCUT2D eigenvalue weighted by atomic mass is 9.78. The lowest BCUT2D eigenvalue weighted by Crippen LogP contribution is -2.43. The summed E-state index contributed by atoms with van der Waals surface area (Å²) < 4.78 is 5.47. The fourth-order valence-electron chi connectivity index (χ4n) is 3.00. The molecule has 1 fully saturated rings. The van der Waals surface area contributed by atoms with E-state index in [-0.39, 0.29) is 23.7 Å². The molecule has 2 rings (SSSR count). The molecule has 5 heteroatoms. The topological polar surface area (TPSA) is 71.3 Å². The third-order valence-corrected chi connectivity index (χ3v) is 4.15. The van der Waals surface area contributed by atoms with Gasteiger partial charge < -0.3 is 15.1 Å². The molecule has 0 spiro atoms. The molecule has 1 aromatic heterocycles. The largest absolute Gasteiger partial charge is 0.466 e. The van der Waals surface area contributed by atoms with Crippen molar-refractivity contribution in [1.29, 1.82) is 0 Å². The molecule has 0 bridgehead atoms. The first-order valence-electron chi connectivity index (χ1n) is 7.66. The molecule has 21 heavy (non-hydrogen) atoms. The molecule has 0 aromatic carbocycles. The first kappa shape index (κ1) is 15.6. The Balaban J connectivity index is 1.84. The van der Waals surface area contributed by atoms with Crippen LogP contribution in [-0.2, 0) is 16.0 Å². The highest BCUT2D eigenvalue weighted by atomic mass is 16.3. The van der Waals surface area contributed by atoms with Crippen molar-refractivity contribution in [3.05, 3.63) is 23.7 Å². The predicted octanol–water partition coefficient (Wildman–Crippen LogP) is 1.80. The fraction of sp³-hybridized carbons (Fsp3) is 0.625. The molecule has 0 aliphatic heterocycles. The Hall–Kier alpha value is -1.78. The number of carbonyl (C=O) groups is 2. The average molecular weight is 292 g/mol. The van der Waals surface area contributed by atoms with Gasteiger partial charge in [0, 0.05) is 31.8 Å². The number of hydrogen-bond donors (Lipinski definition) is 2. The van der Waals surface area contributed by atoms with Crippen LogP contribution in [0.25, 0.3) is 0 Å². The van der Waals surface area contributed by atoms with Crippen molar-refractivity contribution in [3.8, 4) is 0 Å². The van der Waals surface area contributed by atoms with Gasteiger partial charge in [-0.1, -0.05) is 12.8 Å². The highest BCUT2D eigenvalue weighted by molar-refractivity contribution is 5.87. The monoisotopic (exact) mass is 292 g/mol. The highest BCUT2D eigenvalue weighted by Gasteiger charge is 2.34. The smallest absolute Gasteiger partial charge is 0.223 e. The average Bonchev–Trinajstić information content (AvgIpc) is 2.91. The summed E-state index contributed by atoms with van der Waals surface area (Å²) in [6.45, 7) is 2.45. The Labute approximate surface area is 125 Å². The molecular formula is C16H24N2O3. The van der Waals surface area contributed by atoms with E-state index in [1.54, 1.807) is 7.05 Å². The standard InChI is InChI=1S/C16H24N2O3/c1-11-7-8-12(21-11)9-10-18-16(20)14-6-4-3-5-13(14)15(19)17-2/h7-8,13-14H,3-6,9-10H2,1-2H3,(H,17,19)(H,18,20). The Morgan fingerprint density at radius 2 is 1.86 bits per heavy atom. The van der Waals surface area contributed by atoms with Gasteiger partial charge in [-0.15, -0.1) is 0 Å². The van der Waals surface area contributed by atoms with Gasteiger partial charge in [0.05, 0.1) is 0 Å². The molecule has 2 unspecified atom stereocenters. The number of rotatable bonds is 5. The zero-order valence-corrected chi connectivity index (χ0v) is 12.8. The number of carbonyl (C=O) groups excluding carboxylic acids is 2. The molecule has 5 nitrogen and oxygen atoms in total. The minimum atomic E-state index is -0.197. The number of amides is 2. The second-order valence-electron chi connectivity index (χ2n) is 5.67. The van der Waals surface area contributed by atoms with Crippen LogP contribution in [0.15, 0.2) is 16.5 Å². The molecule has 1 aliphatic rings. The minimum Gasteiger partial charge on any atom is -0.466 e. The predicted molar refractivity (Wildman–Crippen MR) is 79.7 cm³/mol. The van der Waals surface area contributed by atoms with E-state index >= 15 is 0 Å². The van der Waals surface area contributed by atoms with Gasteiger partial charge in [-0.3, -0.25) is 9.59 Å². The molecule has 1 aromatic rings. The van der Waals surface area contributed by atoms with E-state index in [4.69, 9.17) is 4.42 Å². The van der Waals surface area contributed by atoms with Crippen LogP contribution in [0.2, 0.25) is 0 Å². The molecular weight excluding hydrogens is 268 g/mol. The Morgan fingerprint density at radius 3 is 2.43 bits per heavy atom. The van der Waals surface area contributed by atoms with Gasteiger partial charge in [-0.05, 0) is 31.9 Å². The molecule has 1 aliphatic carbocycles. The summed E-state index contributed by atoms with van der Waals surface area (Å²) in [6.07, 6.45) is 4.31.